The van der Waals surface area contributed by atoms with Crippen molar-refractivity contribution in [3.63, 3.8) is 0 Å². The Morgan fingerprint density at radius 3 is 2.20 bits per heavy atom. The Bertz CT molecular complexity index is 913. The molecule has 0 saturated heterocycles. The molecule has 1 heterocycles. The fourth-order valence-corrected chi connectivity index (χ4v) is 3.01. The number of carbonyl (C=O) groups excluding carboxylic acids is 1. The number of halogens is 2. The topological polar surface area (TPSA) is 55.1 Å². The number of hydrogen-bond donors (Lipinski definition) is 1. The number of aromatic nitrogens is 1. The van der Waals surface area contributed by atoms with E-state index in [9.17, 15) is 4.79 Å². The van der Waals surface area contributed by atoms with Gasteiger partial charge in [-0.05, 0) is 61.4 Å². The van der Waals surface area contributed by atoms with Gasteiger partial charge < -0.3 is 9.84 Å². The van der Waals surface area contributed by atoms with Gasteiger partial charge in [0.2, 0.25) is 5.91 Å². The van der Waals surface area contributed by atoms with Crippen molar-refractivity contribution in [1.82, 2.24) is 5.16 Å². The molecule has 1 aliphatic carbocycles. The number of anilines is 1. The Labute approximate surface area is 154 Å². The molecule has 0 atom stereocenters. The van der Waals surface area contributed by atoms with Gasteiger partial charge in [0, 0.05) is 27.4 Å². The predicted molar refractivity (Wildman–Crippen MR) is 97.9 cm³/mol. The van der Waals surface area contributed by atoms with Crippen LogP contribution in [0.15, 0.2) is 59.1 Å². The van der Waals surface area contributed by atoms with E-state index in [0.717, 1.165) is 18.4 Å². The predicted octanol–water partition coefficient (Wildman–Crippen LogP) is 5.32. The van der Waals surface area contributed by atoms with E-state index in [1.807, 2.05) is 18.2 Å². The minimum atomic E-state index is -0.617. The fraction of sp³-hybridized carbons (Fsp3) is 0.158. The average molecular weight is 373 g/mol. The lowest BCUT2D eigenvalue weighted by Gasteiger charge is -2.12. The van der Waals surface area contributed by atoms with Crippen LogP contribution in [-0.4, -0.2) is 11.1 Å². The third-order valence-corrected chi connectivity index (χ3v) is 4.92. The molecule has 25 heavy (non-hydrogen) atoms. The van der Waals surface area contributed by atoms with Crippen molar-refractivity contribution in [1.29, 1.82) is 0 Å². The van der Waals surface area contributed by atoms with Crippen LogP contribution in [0.1, 0.15) is 18.5 Å². The van der Waals surface area contributed by atoms with Gasteiger partial charge >= 0.3 is 0 Å². The van der Waals surface area contributed by atoms with E-state index in [4.69, 9.17) is 27.7 Å². The highest BCUT2D eigenvalue weighted by Crippen LogP contribution is 2.49. The van der Waals surface area contributed by atoms with Crippen molar-refractivity contribution in [2.75, 3.05) is 5.32 Å². The van der Waals surface area contributed by atoms with Crippen LogP contribution in [0.25, 0.3) is 11.3 Å². The molecule has 0 bridgehead atoms. The summed E-state index contributed by atoms with van der Waals surface area (Å²) in [6.45, 7) is 0. The van der Waals surface area contributed by atoms with E-state index < -0.39 is 5.41 Å². The summed E-state index contributed by atoms with van der Waals surface area (Å²) in [5.74, 6) is 0.544. The molecule has 0 spiro atoms. The molecule has 6 heteroatoms. The number of amides is 1. The van der Waals surface area contributed by atoms with Crippen LogP contribution in [0.4, 0.5) is 5.69 Å². The van der Waals surface area contributed by atoms with Crippen LogP contribution >= 0.6 is 23.2 Å². The monoisotopic (exact) mass is 372 g/mol. The second kappa shape index (κ2) is 6.21. The van der Waals surface area contributed by atoms with Gasteiger partial charge in [-0.3, -0.25) is 4.79 Å². The third-order valence-electron chi connectivity index (χ3n) is 4.42. The van der Waals surface area contributed by atoms with Crippen LogP contribution in [0.2, 0.25) is 10.0 Å². The largest absolute Gasteiger partial charge is 0.356 e. The minimum Gasteiger partial charge on any atom is -0.356 e. The first-order valence-corrected chi connectivity index (χ1v) is 8.63. The van der Waals surface area contributed by atoms with E-state index in [2.05, 4.69) is 10.5 Å². The molecule has 2 aromatic carbocycles. The highest BCUT2D eigenvalue weighted by molar-refractivity contribution is 6.30. The maximum Gasteiger partial charge on any atom is 0.236 e. The number of nitrogens with zero attached hydrogens (tertiary/aromatic N) is 1. The number of benzene rings is 2. The van der Waals surface area contributed by atoms with Crippen molar-refractivity contribution < 1.29 is 9.32 Å². The molecule has 126 valence electrons. The van der Waals surface area contributed by atoms with Crippen molar-refractivity contribution >= 4 is 34.8 Å². The zero-order chi connectivity index (χ0) is 17.4. The molecule has 1 N–H and O–H groups in total. The summed E-state index contributed by atoms with van der Waals surface area (Å²) in [6.07, 6.45) is 1.50. The number of hydrogen-bond acceptors (Lipinski definition) is 3. The second-order valence-electron chi connectivity index (χ2n) is 6.13. The highest BCUT2D eigenvalue weighted by Gasteiger charge is 2.53. The molecule has 1 fully saturated rings. The van der Waals surface area contributed by atoms with Gasteiger partial charge in [0.25, 0.3) is 0 Å². The van der Waals surface area contributed by atoms with Gasteiger partial charge in [-0.1, -0.05) is 28.4 Å². The molecule has 4 nitrogen and oxygen atoms in total. The van der Waals surface area contributed by atoms with Gasteiger partial charge in [-0.2, -0.15) is 0 Å². The van der Waals surface area contributed by atoms with Crippen LogP contribution in [0.3, 0.4) is 0 Å². The average Bonchev–Trinajstić information content (AvgIpc) is 3.28. The Kier molecular flexibility index (Phi) is 4.02. The Hall–Kier alpha value is -2.30. The minimum absolute atomic E-state index is 0.0780. The highest BCUT2D eigenvalue weighted by atomic mass is 35.5. The lowest BCUT2D eigenvalue weighted by Crippen LogP contribution is -2.28. The molecule has 0 unspecified atom stereocenters. The first-order valence-electron chi connectivity index (χ1n) is 7.87. The number of carbonyl (C=O) groups is 1. The zero-order valence-electron chi connectivity index (χ0n) is 13.1. The fourth-order valence-electron chi connectivity index (χ4n) is 2.76. The first kappa shape index (κ1) is 16.2. The van der Waals surface area contributed by atoms with Crippen molar-refractivity contribution in [2.24, 2.45) is 0 Å². The van der Waals surface area contributed by atoms with E-state index in [1.54, 1.807) is 36.4 Å². The summed E-state index contributed by atoms with van der Waals surface area (Å²) in [6, 6.07) is 16.2. The van der Waals surface area contributed by atoms with Gasteiger partial charge in [0.1, 0.15) is 0 Å². The summed E-state index contributed by atoms with van der Waals surface area (Å²) in [5.41, 5.74) is 1.62. The van der Waals surface area contributed by atoms with Gasteiger partial charge in [-0.15, -0.1) is 0 Å². The summed E-state index contributed by atoms with van der Waals surface area (Å²) < 4.78 is 5.44. The molecule has 1 amide bonds. The van der Waals surface area contributed by atoms with Crippen LogP contribution in [0.5, 0.6) is 0 Å². The molecule has 0 radical (unpaired) electrons. The maximum absolute atomic E-state index is 12.7. The Morgan fingerprint density at radius 2 is 1.60 bits per heavy atom. The quantitative estimate of drug-likeness (QED) is 0.674. The van der Waals surface area contributed by atoms with Crippen LogP contribution in [0, 0.1) is 0 Å². The van der Waals surface area contributed by atoms with Gasteiger partial charge in [0.15, 0.2) is 5.76 Å². The summed E-state index contributed by atoms with van der Waals surface area (Å²) in [4.78, 5) is 12.7. The smallest absolute Gasteiger partial charge is 0.236 e. The van der Waals surface area contributed by atoms with E-state index >= 15 is 0 Å². The molecule has 3 aromatic rings. The van der Waals surface area contributed by atoms with Crippen LogP contribution < -0.4 is 5.32 Å². The van der Waals surface area contributed by atoms with Crippen molar-refractivity contribution in [3.8, 4) is 11.3 Å². The molecule has 0 aliphatic heterocycles. The molecule has 1 aromatic heterocycles. The normalized spacial score (nSPS) is 15.0. The van der Waals surface area contributed by atoms with Crippen molar-refractivity contribution in [3.05, 3.63) is 70.3 Å². The molecular weight excluding hydrogens is 359 g/mol. The van der Waals surface area contributed by atoms with Crippen LogP contribution in [-0.2, 0) is 10.2 Å². The lowest BCUT2D eigenvalue weighted by molar-refractivity contribution is -0.118. The third kappa shape index (κ3) is 3.15. The molecule has 1 saturated carbocycles. The SMILES string of the molecule is O=C(Nc1ccc(Cl)cc1)C1(c2cc(-c3ccc(Cl)cc3)on2)CC1. The molecule has 4 rings (SSSR count). The molecular formula is C19H14Cl2N2O2. The Morgan fingerprint density at radius 1 is 1.00 bits per heavy atom. The second-order valence-corrected chi connectivity index (χ2v) is 7.00. The summed E-state index contributed by atoms with van der Waals surface area (Å²) >= 11 is 11.8. The Balaban J connectivity index is 1.55. The van der Waals surface area contributed by atoms with Gasteiger partial charge in [0.05, 0.1) is 11.1 Å². The van der Waals surface area contributed by atoms with E-state index in [0.29, 0.717) is 27.2 Å². The van der Waals surface area contributed by atoms with E-state index in [-0.39, 0.29) is 5.91 Å². The summed E-state index contributed by atoms with van der Waals surface area (Å²) in [7, 11) is 0. The van der Waals surface area contributed by atoms with Crippen molar-refractivity contribution in [2.45, 2.75) is 18.3 Å². The standard InChI is InChI=1S/C19H14Cl2N2O2/c20-13-3-1-12(2-4-13)16-11-17(23-25-16)19(9-10-19)18(24)22-15-7-5-14(21)6-8-15/h1-8,11H,9-10H2,(H,22,24). The number of rotatable bonds is 4. The first-order chi connectivity index (χ1) is 12.1. The van der Waals surface area contributed by atoms with E-state index in [1.165, 1.54) is 0 Å². The number of nitrogens with one attached hydrogen (secondary N) is 1. The molecule has 1 aliphatic rings. The summed E-state index contributed by atoms with van der Waals surface area (Å²) in [5, 5.41) is 8.35. The maximum atomic E-state index is 12.7. The lowest BCUT2D eigenvalue weighted by atomic mass is 10.00. The zero-order valence-corrected chi connectivity index (χ0v) is 14.6. The van der Waals surface area contributed by atoms with Gasteiger partial charge in [-0.25, -0.2) is 0 Å².